The molecule has 0 aliphatic carbocycles. The van der Waals surface area contributed by atoms with E-state index in [2.05, 4.69) is 5.32 Å². The number of benzene rings is 2. The van der Waals surface area contributed by atoms with Gasteiger partial charge in [-0.15, -0.1) is 0 Å². The Labute approximate surface area is 115 Å². The first-order valence-electron chi connectivity index (χ1n) is 5.88. The molecule has 0 saturated heterocycles. The SMILES string of the molecule is Cc1cc(N)cc(C(=O)Nc2ccc(F)cc2C#N)c1. The van der Waals surface area contributed by atoms with E-state index in [0.717, 1.165) is 11.6 Å². The number of anilines is 2. The molecule has 0 unspecified atom stereocenters. The molecule has 0 radical (unpaired) electrons. The summed E-state index contributed by atoms with van der Waals surface area (Å²) in [6.45, 7) is 1.83. The van der Waals surface area contributed by atoms with Gasteiger partial charge in [0.1, 0.15) is 11.9 Å². The summed E-state index contributed by atoms with van der Waals surface area (Å²) in [6.07, 6.45) is 0. The van der Waals surface area contributed by atoms with Crippen molar-refractivity contribution in [1.82, 2.24) is 0 Å². The monoisotopic (exact) mass is 269 g/mol. The molecule has 0 spiro atoms. The molecule has 0 aliphatic rings. The number of carbonyl (C=O) groups is 1. The summed E-state index contributed by atoms with van der Waals surface area (Å²) in [4.78, 5) is 12.1. The molecule has 2 aromatic carbocycles. The number of nitrogens with one attached hydrogen (secondary N) is 1. The van der Waals surface area contributed by atoms with Crippen LogP contribution < -0.4 is 11.1 Å². The second kappa shape index (κ2) is 5.41. The van der Waals surface area contributed by atoms with E-state index >= 15 is 0 Å². The highest BCUT2D eigenvalue weighted by Crippen LogP contribution is 2.18. The fourth-order valence-corrected chi connectivity index (χ4v) is 1.86. The lowest BCUT2D eigenvalue weighted by Crippen LogP contribution is -2.13. The van der Waals surface area contributed by atoms with Crippen LogP contribution in [0.25, 0.3) is 0 Å². The van der Waals surface area contributed by atoms with Crippen LogP contribution in [0.3, 0.4) is 0 Å². The lowest BCUT2D eigenvalue weighted by molar-refractivity contribution is 0.102. The third-order valence-electron chi connectivity index (χ3n) is 2.71. The second-order valence-electron chi connectivity index (χ2n) is 4.39. The summed E-state index contributed by atoms with van der Waals surface area (Å²) in [5, 5.41) is 11.5. The number of aryl methyl sites for hydroxylation is 1. The summed E-state index contributed by atoms with van der Waals surface area (Å²) in [6, 6.07) is 10.4. The van der Waals surface area contributed by atoms with Gasteiger partial charge in [0, 0.05) is 11.3 Å². The van der Waals surface area contributed by atoms with Crippen LogP contribution in [0, 0.1) is 24.1 Å². The van der Waals surface area contributed by atoms with Crippen LogP contribution in [-0.2, 0) is 0 Å². The number of hydrogen-bond acceptors (Lipinski definition) is 3. The first kappa shape index (κ1) is 13.6. The number of nitrogen functional groups attached to an aromatic ring is 1. The molecule has 0 bridgehead atoms. The van der Waals surface area contributed by atoms with Crippen LogP contribution >= 0.6 is 0 Å². The van der Waals surface area contributed by atoms with Crippen molar-refractivity contribution < 1.29 is 9.18 Å². The van der Waals surface area contributed by atoms with Gasteiger partial charge in [0.25, 0.3) is 5.91 Å². The molecule has 4 nitrogen and oxygen atoms in total. The van der Waals surface area contributed by atoms with Gasteiger partial charge in [-0.2, -0.15) is 5.26 Å². The summed E-state index contributed by atoms with van der Waals surface area (Å²) in [5.41, 5.74) is 7.74. The van der Waals surface area contributed by atoms with E-state index in [-0.39, 0.29) is 11.3 Å². The van der Waals surface area contributed by atoms with Crippen molar-refractivity contribution in [3.63, 3.8) is 0 Å². The maximum Gasteiger partial charge on any atom is 0.255 e. The number of rotatable bonds is 2. The number of amides is 1. The Kier molecular flexibility index (Phi) is 3.67. The molecule has 0 aromatic heterocycles. The Morgan fingerprint density at radius 2 is 2.05 bits per heavy atom. The van der Waals surface area contributed by atoms with Crippen LogP contribution in [-0.4, -0.2) is 5.91 Å². The van der Waals surface area contributed by atoms with Gasteiger partial charge in [-0.3, -0.25) is 4.79 Å². The van der Waals surface area contributed by atoms with E-state index in [4.69, 9.17) is 11.0 Å². The van der Waals surface area contributed by atoms with Gasteiger partial charge in [-0.25, -0.2) is 4.39 Å². The summed E-state index contributed by atoms with van der Waals surface area (Å²) in [7, 11) is 0. The molecular weight excluding hydrogens is 257 g/mol. The molecule has 0 atom stereocenters. The first-order valence-corrected chi connectivity index (χ1v) is 5.88. The van der Waals surface area contributed by atoms with E-state index in [1.165, 1.54) is 18.2 Å². The third kappa shape index (κ3) is 2.93. The molecule has 2 aromatic rings. The first-order chi connectivity index (χ1) is 9.49. The minimum absolute atomic E-state index is 0.0685. The molecule has 1 amide bonds. The molecule has 100 valence electrons. The second-order valence-corrected chi connectivity index (χ2v) is 4.39. The van der Waals surface area contributed by atoms with Crippen molar-refractivity contribution in [1.29, 1.82) is 5.26 Å². The number of carbonyl (C=O) groups excluding carboxylic acids is 1. The minimum atomic E-state index is -0.528. The summed E-state index contributed by atoms with van der Waals surface area (Å²) < 4.78 is 13.0. The number of nitrogens with two attached hydrogens (primary N) is 1. The lowest BCUT2D eigenvalue weighted by Gasteiger charge is -2.08. The highest BCUT2D eigenvalue weighted by molar-refractivity contribution is 6.05. The minimum Gasteiger partial charge on any atom is -0.399 e. The molecule has 0 aliphatic heterocycles. The van der Waals surface area contributed by atoms with Crippen molar-refractivity contribution >= 4 is 17.3 Å². The topological polar surface area (TPSA) is 78.9 Å². The van der Waals surface area contributed by atoms with Crippen LogP contribution in [0.2, 0.25) is 0 Å². The van der Waals surface area contributed by atoms with Crippen molar-refractivity contribution in [2.75, 3.05) is 11.1 Å². The van der Waals surface area contributed by atoms with Gasteiger partial charge in [0.2, 0.25) is 0 Å². The van der Waals surface area contributed by atoms with E-state index in [1.54, 1.807) is 12.1 Å². The van der Waals surface area contributed by atoms with Crippen molar-refractivity contribution in [3.8, 4) is 6.07 Å². The van der Waals surface area contributed by atoms with E-state index in [0.29, 0.717) is 11.3 Å². The predicted octanol–water partition coefficient (Wildman–Crippen LogP) is 2.84. The number of nitrogens with zero attached hydrogens (tertiary/aromatic N) is 1. The fraction of sp³-hybridized carbons (Fsp3) is 0.0667. The molecule has 2 rings (SSSR count). The molecule has 3 N–H and O–H groups in total. The Balaban J connectivity index is 2.30. The zero-order valence-electron chi connectivity index (χ0n) is 10.8. The Morgan fingerprint density at radius 1 is 1.30 bits per heavy atom. The quantitative estimate of drug-likeness (QED) is 0.823. The smallest absolute Gasteiger partial charge is 0.255 e. The molecule has 0 fully saturated rings. The van der Waals surface area contributed by atoms with Gasteiger partial charge < -0.3 is 11.1 Å². The maximum atomic E-state index is 13.0. The number of halogens is 1. The largest absolute Gasteiger partial charge is 0.399 e. The van der Waals surface area contributed by atoms with Gasteiger partial charge >= 0.3 is 0 Å². The molecule has 5 heteroatoms. The van der Waals surface area contributed by atoms with Crippen LogP contribution in [0.4, 0.5) is 15.8 Å². The Hall–Kier alpha value is -2.87. The van der Waals surface area contributed by atoms with Crippen molar-refractivity contribution in [2.24, 2.45) is 0 Å². The average Bonchev–Trinajstić information content (AvgIpc) is 2.39. The maximum absolute atomic E-state index is 13.0. The van der Waals surface area contributed by atoms with E-state index in [9.17, 15) is 9.18 Å². The van der Waals surface area contributed by atoms with E-state index in [1.807, 2.05) is 13.0 Å². The van der Waals surface area contributed by atoms with E-state index < -0.39 is 11.7 Å². The highest BCUT2D eigenvalue weighted by atomic mass is 19.1. The highest BCUT2D eigenvalue weighted by Gasteiger charge is 2.10. The zero-order chi connectivity index (χ0) is 14.7. The molecule has 0 heterocycles. The molecule has 0 saturated carbocycles. The standard InChI is InChI=1S/C15H12FN3O/c1-9-4-10(7-13(18)5-9)15(20)19-14-3-2-12(16)6-11(14)8-17/h2-7H,18H2,1H3,(H,19,20). The average molecular weight is 269 g/mol. The van der Waals surface area contributed by atoms with Crippen LogP contribution in [0.5, 0.6) is 0 Å². The lowest BCUT2D eigenvalue weighted by atomic mass is 10.1. The fourth-order valence-electron chi connectivity index (χ4n) is 1.86. The number of hydrogen-bond donors (Lipinski definition) is 2. The Bertz CT molecular complexity index is 699. The summed E-state index contributed by atoms with van der Waals surface area (Å²) >= 11 is 0. The molecular formula is C15H12FN3O. The Morgan fingerprint density at radius 3 is 2.70 bits per heavy atom. The van der Waals surface area contributed by atoms with Gasteiger partial charge in [-0.05, 0) is 48.9 Å². The van der Waals surface area contributed by atoms with Gasteiger partial charge in [0.15, 0.2) is 0 Å². The van der Waals surface area contributed by atoms with Crippen LogP contribution in [0.15, 0.2) is 36.4 Å². The normalized spacial score (nSPS) is 9.85. The van der Waals surface area contributed by atoms with Crippen molar-refractivity contribution in [2.45, 2.75) is 6.92 Å². The zero-order valence-corrected chi connectivity index (χ0v) is 10.8. The van der Waals surface area contributed by atoms with Crippen LogP contribution in [0.1, 0.15) is 21.5 Å². The third-order valence-corrected chi connectivity index (χ3v) is 2.71. The molecule has 20 heavy (non-hydrogen) atoms. The predicted molar refractivity (Wildman–Crippen MR) is 74.7 cm³/mol. The number of nitriles is 1. The van der Waals surface area contributed by atoms with Gasteiger partial charge in [0.05, 0.1) is 11.3 Å². The van der Waals surface area contributed by atoms with Gasteiger partial charge in [-0.1, -0.05) is 0 Å². The summed E-state index contributed by atoms with van der Waals surface area (Å²) in [5.74, 6) is -0.928. The van der Waals surface area contributed by atoms with Crippen molar-refractivity contribution in [3.05, 3.63) is 58.9 Å².